The lowest BCUT2D eigenvalue weighted by atomic mass is 10.1. The molecule has 1 aliphatic rings. The van der Waals surface area contributed by atoms with Crippen LogP contribution in [0.1, 0.15) is 26.7 Å². The Kier molecular flexibility index (Phi) is 3.54. The molecule has 76 valence electrons. The largest absolute Gasteiger partial charge is 0.402 e. The van der Waals surface area contributed by atoms with E-state index in [0.29, 0.717) is 24.2 Å². The molecule has 0 aromatic rings. The van der Waals surface area contributed by atoms with Crippen LogP contribution in [0.5, 0.6) is 0 Å². The third-order valence-electron chi connectivity index (χ3n) is 1.93. The zero-order valence-electron chi connectivity index (χ0n) is 8.08. The Hall–Kier alpha value is -0.310. The van der Waals surface area contributed by atoms with Gasteiger partial charge in [-0.3, -0.25) is 4.57 Å². The van der Waals surface area contributed by atoms with Gasteiger partial charge in [0.2, 0.25) is 0 Å². The van der Waals surface area contributed by atoms with Crippen molar-refractivity contribution in [1.82, 2.24) is 0 Å². The number of hydrogen-bond acceptors (Lipinski definition) is 4. The first-order valence-corrected chi connectivity index (χ1v) is 6.05. The van der Waals surface area contributed by atoms with Gasteiger partial charge in [-0.05, 0) is 26.7 Å². The molecule has 0 saturated carbocycles. The topological polar surface area (TPSA) is 61.5 Å². The molecule has 0 saturated heterocycles. The van der Waals surface area contributed by atoms with Gasteiger partial charge in [-0.25, -0.2) is 0 Å². The first kappa shape index (κ1) is 10.8. The van der Waals surface area contributed by atoms with Crippen LogP contribution in [0.3, 0.4) is 0 Å². The summed E-state index contributed by atoms with van der Waals surface area (Å²) in [4.78, 5) is 0. The van der Waals surface area contributed by atoms with Crippen LogP contribution in [0.2, 0.25) is 0 Å². The second kappa shape index (κ2) is 4.27. The van der Waals surface area contributed by atoms with Crippen LogP contribution < -0.4 is 5.73 Å². The summed E-state index contributed by atoms with van der Waals surface area (Å²) in [5.41, 5.74) is 6.29. The Labute approximate surface area is 78.6 Å². The monoisotopic (exact) mass is 205 g/mol. The van der Waals surface area contributed by atoms with Gasteiger partial charge in [0, 0.05) is 5.70 Å². The fraction of sp³-hybridized carbons (Fsp3) is 0.750. The van der Waals surface area contributed by atoms with Crippen molar-refractivity contribution in [3.8, 4) is 0 Å². The van der Waals surface area contributed by atoms with Crippen LogP contribution in [0.15, 0.2) is 11.0 Å². The predicted molar refractivity (Wildman–Crippen MR) is 51.3 cm³/mol. The molecule has 5 heteroatoms. The van der Waals surface area contributed by atoms with Gasteiger partial charge in [-0.1, -0.05) is 0 Å². The van der Waals surface area contributed by atoms with E-state index in [1.165, 1.54) is 0 Å². The summed E-state index contributed by atoms with van der Waals surface area (Å²) in [6.45, 7) is 4.35. The Morgan fingerprint density at radius 2 is 1.85 bits per heavy atom. The maximum absolute atomic E-state index is 12.0. The molecule has 0 aromatic heterocycles. The predicted octanol–water partition coefficient (Wildman–Crippen LogP) is 2.22. The molecule has 13 heavy (non-hydrogen) atoms. The zero-order valence-corrected chi connectivity index (χ0v) is 8.97. The van der Waals surface area contributed by atoms with Crippen LogP contribution in [-0.2, 0) is 13.6 Å². The van der Waals surface area contributed by atoms with Crippen LogP contribution in [0, 0.1) is 0 Å². The average molecular weight is 205 g/mol. The molecule has 0 atom stereocenters. The lowest BCUT2D eigenvalue weighted by Crippen LogP contribution is -2.14. The van der Waals surface area contributed by atoms with Crippen molar-refractivity contribution in [2.45, 2.75) is 26.7 Å². The van der Waals surface area contributed by atoms with Crippen LogP contribution in [-0.4, -0.2) is 13.2 Å². The molecule has 4 nitrogen and oxygen atoms in total. The van der Waals surface area contributed by atoms with Gasteiger partial charge < -0.3 is 14.8 Å². The highest BCUT2D eigenvalue weighted by Crippen LogP contribution is 2.61. The molecular weight excluding hydrogens is 189 g/mol. The van der Waals surface area contributed by atoms with E-state index >= 15 is 0 Å². The van der Waals surface area contributed by atoms with Crippen LogP contribution in [0.4, 0.5) is 0 Å². The highest BCUT2D eigenvalue weighted by atomic mass is 31.2. The molecular formula is C8H16NO3P. The molecule has 0 spiro atoms. The summed E-state index contributed by atoms with van der Waals surface area (Å²) in [5.74, 6) is 0. The first-order valence-electron chi connectivity index (χ1n) is 4.51. The van der Waals surface area contributed by atoms with Crippen molar-refractivity contribution < 1.29 is 13.6 Å². The van der Waals surface area contributed by atoms with Crippen molar-refractivity contribution in [2.75, 3.05) is 13.2 Å². The summed E-state index contributed by atoms with van der Waals surface area (Å²) in [7, 11) is -3.03. The molecule has 0 fully saturated rings. The van der Waals surface area contributed by atoms with E-state index < -0.39 is 7.60 Å². The van der Waals surface area contributed by atoms with Crippen molar-refractivity contribution in [3.63, 3.8) is 0 Å². The maximum Gasteiger partial charge on any atom is 0.359 e. The molecule has 0 bridgehead atoms. The van der Waals surface area contributed by atoms with Gasteiger partial charge in [0.15, 0.2) is 0 Å². The molecule has 0 aromatic carbocycles. The van der Waals surface area contributed by atoms with Crippen molar-refractivity contribution in [2.24, 2.45) is 5.73 Å². The third kappa shape index (κ3) is 2.13. The third-order valence-corrected chi connectivity index (χ3v) is 4.30. The van der Waals surface area contributed by atoms with E-state index in [-0.39, 0.29) is 0 Å². The van der Waals surface area contributed by atoms with Gasteiger partial charge in [0.05, 0.1) is 18.5 Å². The summed E-state index contributed by atoms with van der Waals surface area (Å²) >= 11 is 0. The van der Waals surface area contributed by atoms with Gasteiger partial charge in [-0.15, -0.1) is 0 Å². The van der Waals surface area contributed by atoms with Crippen molar-refractivity contribution in [3.05, 3.63) is 11.0 Å². The van der Waals surface area contributed by atoms with Gasteiger partial charge >= 0.3 is 7.60 Å². The number of allylic oxidation sites excluding steroid dienone is 2. The van der Waals surface area contributed by atoms with E-state index in [4.69, 9.17) is 14.8 Å². The number of hydrogen-bond donors (Lipinski definition) is 1. The first-order chi connectivity index (χ1) is 6.14. The molecule has 0 radical (unpaired) electrons. The molecule has 0 amide bonds. The van der Waals surface area contributed by atoms with E-state index in [2.05, 4.69) is 0 Å². The fourth-order valence-corrected chi connectivity index (χ4v) is 3.14. The Bertz CT molecular complexity index is 252. The van der Waals surface area contributed by atoms with E-state index in [1.54, 1.807) is 13.8 Å². The standard InChI is InChI=1S/C8H16NO3P/c1-3-11-13(10,12-4-2)8-6-5-7(8)9/h3-6,9H2,1-2H3. The molecule has 0 unspecified atom stereocenters. The van der Waals surface area contributed by atoms with Gasteiger partial charge in [0.25, 0.3) is 0 Å². The summed E-state index contributed by atoms with van der Waals surface area (Å²) < 4.78 is 22.3. The fourth-order valence-electron chi connectivity index (χ4n) is 1.23. The number of rotatable bonds is 5. The van der Waals surface area contributed by atoms with E-state index in [9.17, 15) is 4.57 Å². The smallest absolute Gasteiger partial charge is 0.359 e. The Morgan fingerprint density at radius 1 is 1.31 bits per heavy atom. The maximum atomic E-state index is 12.0. The molecule has 0 aliphatic heterocycles. The lowest BCUT2D eigenvalue weighted by Gasteiger charge is -2.27. The second-order valence-electron chi connectivity index (χ2n) is 2.80. The summed E-state index contributed by atoms with van der Waals surface area (Å²) in [6, 6.07) is 0. The van der Waals surface area contributed by atoms with Gasteiger partial charge in [-0.2, -0.15) is 0 Å². The Morgan fingerprint density at radius 3 is 2.08 bits per heavy atom. The van der Waals surface area contributed by atoms with Crippen LogP contribution >= 0.6 is 7.60 Å². The minimum Gasteiger partial charge on any atom is -0.402 e. The van der Waals surface area contributed by atoms with Crippen molar-refractivity contribution in [1.29, 1.82) is 0 Å². The SMILES string of the molecule is CCOP(=O)(OCC)C1=C(N)CC1. The quantitative estimate of drug-likeness (QED) is 0.699. The van der Waals surface area contributed by atoms with E-state index in [0.717, 1.165) is 12.8 Å². The zero-order chi connectivity index (χ0) is 9.90. The lowest BCUT2D eigenvalue weighted by molar-refractivity contribution is 0.224. The highest BCUT2D eigenvalue weighted by Gasteiger charge is 2.35. The minimum atomic E-state index is -3.03. The molecule has 2 N–H and O–H groups in total. The second-order valence-corrected chi connectivity index (χ2v) is 4.86. The van der Waals surface area contributed by atoms with Crippen molar-refractivity contribution >= 4 is 7.60 Å². The molecule has 0 heterocycles. The number of nitrogens with two attached hydrogens (primary N) is 1. The molecule has 1 aliphatic carbocycles. The summed E-state index contributed by atoms with van der Waals surface area (Å²) in [5, 5.41) is 0.677. The Balaban J connectivity index is 2.78. The molecule has 1 rings (SSSR count). The normalized spacial score (nSPS) is 17.4. The van der Waals surface area contributed by atoms with Crippen LogP contribution in [0.25, 0.3) is 0 Å². The summed E-state index contributed by atoms with van der Waals surface area (Å²) in [6.07, 6.45) is 1.54. The highest BCUT2D eigenvalue weighted by molar-refractivity contribution is 7.58. The average Bonchev–Trinajstić information content (AvgIpc) is 2.02. The minimum absolute atomic E-state index is 0.383. The van der Waals surface area contributed by atoms with E-state index in [1.807, 2.05) is 0 Å². The van der Waals surface area contributed by atoms with Gasteiger partial charge in [0.1, 0.15) is 0 Å².